The Hall–Kier alpha value is -1.10. The molecule has 0 aliphatic carbocycles. The van der Waals surface area contributed by atoms with Crippen LogP contribution in [-0.2, 0) is 9.59 Å². The molecule has 1 aliphatic heterocycles. The zero-order valence-electron chi connectivity index (χ0n) is 10.7. The van der Waals surface area contributed by atoms with Gasteiger partial charge in [-0.2, -0.15) is 0 Å². The number of hydrogen-bond acceptors (Lipinski definition) is 3. The van der Waals surface area contributed by atoms with E-state index in [4.69, 9.17) is 5.11 Å². The maximum Gasteiger partial charge on any atom is 0.303 e. The van der Waals surface area contributed by atoms with E-state index in [2.05, 4.69) is 10.6 Å². The Balaban J connectivity index is 2.39. The Morgan fingerprint density at radius 1 is 1.47 bits per heavy atom. The van der Waals surface area contributed by atoms with Crippen LogP contribution < -0.4 is 10.6 Å². The molecule has 1 amide bonds. The van der Waals surface area contributed by atoms with Crippen LogP contribution in [0.1, 0.15) is 33.6 Å². The molecule has 1 unspecified atom stereocenters. The number of rotatable bonds is 6. The standard InChI is InChI=1S/C12H22N2O3/c1-8(9-6-13-7-9)11(17)14-12(2,3)5-4-10(15)16/h8-9,13H,4-7H2,1-3H3,(H,14,17)(H,15,16). The fraction of sp³-hybridized carbons (Fsp3) is 0.833. The van der Waals surface area contributed by atoms with Gasteiger partial charge in [0.1, 0.15) is 0 Å². The van der Waals surface area contributed by atoms with Gasteiger partial charge in [0.05, 0.1) is 0 Å². The molecule has 0 radical (unpaired) electrons. The summed E-state index contributed by atoms with van der Waals surface area (Å²) in [5.74, 6) is -0.416. The van der Waals surface area contributed by atoms with Gasteiger partial charge in [0.25, 0.3) is 0 Å². The topological polar surface area (TPSA) is 78.4 Å². The van der Waals surface area contributed by atoms with Crippen molar-refractivity contribution in [3.05, 3.63) is 0 Å². The molecule has 0 aromatic heterocycles. The van der Waals surface area contributed by atoms with Crippen LogP contribution >= 0.6 is 0 Å². The van der Waals surface area contributed by atoms with E-state index in [9.17, 15) is 9.59 Å². The fourth-order valence-electron chi connectivity index (χ4n) is 1.81. The van der Waals surface area contributed by atoms with Gasteiger partial charge in [0.15, 0.2) is 0 Å². The number of carboxylic acids is 1. The highest BCUT2D eigenvalue weighted by atomic mass is 16.4. The number of carboxylic acid groups (broad SMARTS) is 1. The molecule has 3 N–H and O–H groups in total. The molecule has 1 saturated heterocycles. The normalized spacial score (nSPS) is 18.3. The van der Waals surface area contributed by atoms with Gasteiger partial charge in [-0.1, -0.05) is 6.92 Å². The Labute approximate surface area is 102 Å². The minimum absolute atomic E-state index is 0.0136. The van der Waals surface area contributed by atoms with Crippen molar-refractivity contribution in [1.29, 1.82) is 0 Å². The lowest BCUT2D eigenvalue weighted by Crippen LogP contribution is -2.53. The van der Waals surface area contributed by atoms with Crippen LogP contribution in [0.5, 0.6) is 0 Å². The molecule has 0 saturated carbocycles. The van der Waals surface area contributed by atoms with E-state index in [1.54, 1.807) is 0 Å². The summed E-state index contributed by atoms with van der Waals surface area (Å²) in [5.41, 5.74) is -0.457. The van der Waals surface area contributed by atoms with Crippen molar-refractivity contribution in [3.8, 4) is 0 Å². The second-order valence-corrected chi connectivity index (χ2v) is 5.47. The van der Waals surface area contributed by atoms with Crippen molar-refractivity contribution in [3.63, 3.8) is 0 Å². The molecular weight excluding hydrogens is 220 g/mol. The van der Waals surface area contributed by atoms with Gasteiger partial charge in [0.2, 0.25) is 5.91 Å². The predicted octanol–water partition coefficient (Wildman–Crippen LogP) is 0.602. The van der Waals surface area contributed by atoms with Gasteiger partial charge >= 0.3 is 5.97 Å². The van der Waals surface area contributed by atoms with E-state index in [0.717, 1.165) is 13.1 Å². The van der Waals surface area contributed by atoms with E-state index in [-0.39, 0.29) is 18.2 Å². The molecule has 1 heterocycles. The highest BCUT2D eigenvalue weighted by Crippen LogP contribution is 2.18. The van der Waals surface area contributed by atoms with Gasteiger partial charge in [-0.3, -0.25) is 9.59 Å². The van der Waals surface area contributed by atoms with Crippen molar-refractivity contribution in [2.45, 2.75) is 39.2 Å². The molecule has 0 aromatic rings. The lowest BCUT2D eigenvalue weighted by molar-refractivity contribution is -0.138. The third-order valence-electron chi connectivity index (χ3n) is 3.36. The highest BCUT2D eigenvalue weighted by molar-refractivity contribution is 5.79. The Bertz CT molecular complexity index is 298. The van der Waals surface area contributed by atoms with Crippen LogP contribution in [0.3, 0.4) is 0 Å². The minimum Gasteiger partial charge on any atom is -0.481 e. The molecule has 0 spiro atoms. The first kappa shape index (κ1) is 14.0. The van der Waals surface area contributed by atoms with Crippen molar-refractivity contribution in [2.24, 2.45) is 11.8 Å². The third kappa shape index (κ3) is 4.34. The van der Waals surface area contributed by atoms with Gasteiger partial charge in [0, 0.05) is 17.9 Å². The molecule has 1 rings (SSSR count). The SMILES string of the molecule is CC(C(=O)NC(C)(C)CCC(=O)O)C1CNC1. The first-order valence-electron chi connectivity index (χ1n) is 6.06. The van der Waals surface area contributed by atoms with Gasteiger partial charge in [-0.05, 0) is 39.3 Å². The number of carbonyl (C=O) groups excluding carboxylic acids is 1. The molecule has 17 heavy (non-hydrogen) atoms. The Morgan fingerprint density at radius 3 is 2.47 bits per heavy atom. The Morgan fingerprint density at radius 2 is 2.06 bits per heavy atom. The third-order valence-corrected chi connectivity index (χ3v) is 3.36. The summed E-state index contributed by atoms with van der Waals surface area (Å²) >= 11 is 0. The van der Waals surface area contributed by atoms with Crippen LogP contribution in [0.2, 0.25) is 0 Å². The van der Waals surface area contributed by atoms with Gasteiger partial charge < -0.3 is 15.7 Å². The summed E-state index contributed by atoms with van der Waals surface area (Å²) in [6.45, 7) is 7.43. The first-order valence-corrected chi connectivity index (χ1v) is 6.06. The number of hydrogen-bond donors (Lipinski definition) is 3. The van der Waals surface area contributed by atoms with Crippen LogP contribution in [-0.4, -0.2) is 35.6 Å². The summed E-state index contributed by atoms with van der Waals surface area (Å²) in [5, 5.41) is 14.7. The number of nitrogens with one attached hydrogen (secondary N) is 2. The second kappa shape index (κ2) is 5.49. The van der Waals surface area contributed by atoms with Crippen LogP contribution in [0, 0.1) is 11.8 Å². The number of carbonyl (C=O) groups is 2. The molecule has 5 heteroatoms. The zero-order chi connectivity index (χ0) is 13.1. The fourth-order valence-corrected chi connectivity index (χ4v) is 1.81. The molecule has 1 atom stereocenters. The smallest absolute Gasteiger partial charge is 0.303 e. The summed E-state index contributed by atoms with van der Waals surface area (Å²) in [4.78, 5) is 22.5. The van der Waals surface area contributed by atoms with Gasteiger partial charge in [-0.15, -0.1) is 0 Å². The van der Waals surface area contributed by atoms with Crippen LogP contribution in [0.15, 0.2) is 0 Å². The molecule has 98 valence electrons. The highest BCUT2D eigenvalue weighted by Gasteiger charge is 2.31. The monoisotopic (exact) mass is 242 g/mol. The number of amides is 1. The van der Waals surface area contributed by atoms with E-state index >= 15 is 0 Å². The molecule has 0 bridgehead atoms. The van der Waals surface area contributed by atoms with Crippen molar-refractivity contribution >= 4 is 11.9 Å². The summed E-state index contributed by atoms with van der Waals surface area (Å²) in [6, 6.07) is 0. The van der Waals surface area contributed by atoms with Crippen molar-refractivity contribution < 1.29 is 14.7 Å². The van der Waals surface area contributed by atoms with Crippen molar-refractivity contribution in [2.75, 3.05) is 13.1 Å². The summed E-state index contributed by atoms with van der Waals surface area (Å²) in [6.07, 6.45) is 0.524. The maximum absolute atomic E-state index is 12.0. The van der Waals surface area contributed by atoms with Crippen LogP contribution in [0.4, 0.5) is 0 Å². The average Bonchev–Trinajstić information content (AvgIpc) is 2.11. The maximum atomic E-state index is 12.0. The van der Waals surface area contributed by atoms with E-state index in [1.807, 2.05) is 20.8 Å². The summed E-state index contributed by atoms with van der Waals surface area (Å²) in [7, 11) is 0. The number of aliphatic carboxylic acids is 1. The summed E-state index contributed by atoms with van der Waals surface area (Å²) < 4.78 is 0. The lowest BCUT2D eigenvalue weighted by atomic mass is 9.87. The molecule has 0 aromatic carbocycles. The minimum atomic E-state index is -0.830. The molecule has 5 nitrogen and oxygen atoms in total. The second-order valence-electron chi connectivity index (χ2n) is 5.47. The lowest BCUT2D eigenvalue weighted by Gasteiger charge is -2.34. The largest absolute Gasteiger partial charge is 0.481 e. The molecular formula is C12H22N2O3. The van der Waals surface area contributed by atoms with Crippen molar-refractivity contribution in [1.82, 2.24) is 10.6 Å². The zero-order valence-corrected chi connectivity index (χ0v) is 10.7. The van der Waals surface area contributed by atoms with E-state index < -0.39 is 11.5 Å². The predicted molar refractivity (Wildman–Crippen MR) is 64.6 cm³/mol. The quantitative estimate of drug-likeness (QED) is 0.637. The Kier molecular flexibility index (Phi) is 4.51. The van der Waals surface area contributed by atoms with Crippen LogP contribution in [0.25, 0.3) is 0 Å². The van der Waals surface area contributed by atoms with E-state index in [1.165, 1.54) is 0 Å². The molecule has 1 aliphatic rings. The first-order chi connectivity index (χ1) is 7.82. The van der Waals surface area contributed by atoms with E-state index in [0.29, 0.717) is 12.3 Å². The van der Waals surface area contributed by atoms with Gasteiger partial charge in [-0.25, -0.2) is 0 Å². The molecule has 1 fully saturated rings. The average molecular weight is 242 g/mol.